The van der Waals surface area contributed by atoms with Gasteiger partial charge in [0.25, 0.3) is 0 Å². The van der Waals surface area contributed by atoms with E-state index in [1.165, 1.54) is 12.1 Å². The molecule has 0 aliphatic carbocycles. The monoisotopic (exact) mass is 274 g/mol. The van der Waals surface area contributed by atoms with E-state index < -0.39 is 5.97 Å². The predicted molar refractivity (Wildman–Crippen MR) is 65.9 cm³/mol. The Hall–Kier alpha value is -2.83. The number of hydrogen-bond acceptors (Lipinski definition) is 6. The lowest BCUT2D eigenvalue weighted by Crippen LogP contribution is -2.05. The van der Waals surface area contributed by atoms with Crippen LogP contribution < -0.4 is 14.2 Å². The van der Waals surface area contributed by atoms with Crippen molar-refractivity contribution in [3.8, 4) is 17.2 Å². The number of hydrogen-bond donors (Lipinski definition) is 1. The zero-order valence-corrected chi connectivity index (χ0v) is 10.3. The largest absolute Gasteiger partial charge is 0.485 e. The molecule has 1 aliphatic rings. The first-order valence-electron chi connectivity index (χ1n) is 5.79. The lowest BCUT2D eigenvalue weighted by Gasteiger charge is -2.09. The molecular weight excluding hydrogens is 264 g/mol. The quantitative estimate of drug-likeness (QED) is 0.902. The Balaban J connectivity index is 1.86. The highest BCUT2D eigenvalue weighted by Gasteiger charge is 2.21. The van der Waals surface area contributed by atoms with Crippen LogP contribution in [0.15, 0.2) is 30.6 Å². The van der Waals surface area contributed by atoms with E-state index in [1.54, 1.807) is 18.5 Å². The zero-order chi connectivity index (χ0) is 13.9. The first kappa shape index (κ1) is 12.2. The highest BCUT2D eigenvalue weighted by molar-refractivity contribution is 5.92. The summed E-state index contributed by atoms with van der Waals surface area (Å²) >= 11 is 0. The van der Waals surface area contributed by atoms with Gasteiger partial charge in [0, 0.05) is 24.5 Å². The maximum atomic E-state index is 11.2. The molecule has 1 aromatic carbocycles. The number of benzene rings is 1. The van der Waals surface area contributed by atoms with E-state index in [9.17, 15) is 9.90 Å². The minimum atomic E-state index is -1.10. The first-order chi connectivity index (χ1) is 9.74. The highest BCUT2D eigenvalue weighted by atomic mass is 16.7. The average molecular weight is 274 g/mol. The molecule has 1 N–H and O–H groups in total. The molecular formula is C13H10N2O5. The van der Waals surface area contributed by atoms with Crippen LogP contribution in [-0.2, 0) is 6.61 Å². The van der Waals surface area contributed by atoms with Crippen molar-refractivity contribution >= 4 is 5.97 Å². The Labute approximate surface area is 113 Å². The number of ether oxygens (including phenoxy) is 3. The van der Waals surface area contributed by atoms with E-state index in [4.69, 9.17) is 14.2 Å². The van der Waals surface area contributed by atoms with Crippen LogP contribution in [0.2, 0.25) is 0 Å². The number of carbonyl (C=O) groups is 1. The molecule has 1 aromatic heterocycles. The Morgan fingerprint density at radius 2 is 1.95 bits per heavy atom. The van der Waals surface area contributed by atoms with Crippen LogP contribution in [0.5, 0.6) is 17.2 Å². The summed E-state index contributed by atoms with van der Waals surface area (Å²) in [4.78, 5) is 19.2. The number of nitrogens with zero attached hydrogens (tertiary/aromatic N) is 2. The molecule has 1 aliphatic heterocycles. The van der Waals surface area contributed by atoms with E-state index in [-0.39, 0.29) is 24.7 Å². The fourth-order valence-corrected chi connectivity index (χ4v) is 1.76. The van der Waals surface area contributed by atoms with Crippen molar-refractivity contribution in [2.75, 3.05) is 6.79 Å². The van der Waals surface area contributed by atoms with Gasteiger partial charge in [-0.05, 0) is 6.07 Å². The van der Waals surface area contributed by atoms with Crippen molar-refractivity contribution in [3.63, 3.8) is 0 Å². The molecule has 3 rings (SSSR count). The van der Waals surface area contributed by atoms with Crippen molar-refractivity contribution in [2.45, 2.75) is 6.61 Å². The molecule has 0 saturated heterocycles. The smallest absolute Gasteiger partial charge is 0.339 e. The molecule has 0 spiro atoms. The molecule has 0 amide bonds. The number of fused-ring (bicyclic) bond motifs is 1. The first-order valence-corrected chi connectivity index (χ1v) is 5.79. The van der Waals surface area contributed by atoms with E-state index in [2.05, 4.69) is 9.97 Å². The van der Waals surface area contributed by atoms with Gasteiger partial charge in [-0.2, -0.15) is 0 Å². The molecule has 7 nitrogen and oxygen atoms in total. The second kappa shape index (κ2) is 5.04. The van der Waals surface area contributed by atoms with Gasteiger partial charge >= 0.3 is 5.97 Å². The van der Waals surface area contributed by atoms with E-state index >= 15 is 0 Å². The normalized spacial score (nSPS) is 12.2. The molecule has 2 aromatic rings. The molecule has 0 radical (unpaired) electrons. The third kappa shape index (κ3) is 2.33. The van der Waals surface area contributed by atoms with Crippen molar-refractivity contribution < 1.29 is 24.1 Å². The second-order valence-electron chi connectivity index (χ2n) is 3.96. The fraction of sp³-hybridized carbons (Fsp3) is 0.154. The summed E-state index contributed by atoms with van der Waals surface area (Å²) in [6.07, 6.45) is 3.17. The van der Waals surface area contributed by atoms with Crippen LogP contribution >= 0.6 is 0 Å². The Morgan fingerprint density at radius 1 is 1.25 bits per heavy atom. The third-order valence-corrected chi connectivity index (χ3v) is 2.68. The third-order valence-electron chi connectivity index (χ3n) is 2.68. The summed E-state index contributed by atoms with van der Waals surface area (Å²) in [6, 6.07) is 4.56. The van der Waals surface area contributed by atoms with E-state index in [1.807, 2.05) is 0 Å². The number of aromatic carboxylic acids is 1. The topological polar surface area (TPSA) is 90.8 Å². The van der Waals surface area contributed by atoms with E-state index in [0.717, 1.165) is 0 Å². The Morgan fingerprint density at radius 3 is 2.65 bits per heavy atom. The van der Waals surface area contributed by atoms with Crippen LogP contribution in [0.4, 0.5) is 0 Å². The van der Waals surface area contributed by atoms with Gasteiger partial charge in [0.05, 0.1) is 0 Å². The number of aromatic nitrogens is 2. The maximum absolute atomic E-state index is 11.2. The van der Waals surface area contributed by atoms with Crippen LogP contribution in [0.3, 0.4) is 0 Å². The number of carboxylic acids is 1. The predicted octanol–water partition coefficient (Wildman–Crippen LogP) is 1.48. The van der Waals surface area contributed by atoms with Crippen LogP contribution in [0.25, 0.3) is 0 Å². The minimum Gasteiger partial charge on any atom is -0.485 e. The molecule has 0 bridgehead atoms. The van der Waals surface area contributed by atoms with Crippen molar-refractivity contribution in [1.82, 2.24) is 9.97 Å². The lowest BCUT2D eigenvalue weighted by molar-refractivity contribution is 0.0691. The Kier molecular flexibility index (Phi) is 3.08. The second-order valence-corrected chi connectivity index (χ2v) is 3.96. The van der Waals surface area contributed by atoms with Gasteiger partial charge < -0.3 is 19.3 Å². The molecule has 0 atom stereocenters. The molecule has 102 valence electrons. The van der Waals surface area contributed by atoms with Gasteiger partial charge in [-0.15, -0.1) is 0 Å². The van der Waals surface area contributed by atoms with Crippen molar-refractivity contribution in [1.29, 1.82) is 0 Å². The summed E-state index contributed by atoms with van der Waals surface area (Å²) in [6.45, 7) is 0.139. The summed E-state index contributed by atoms with van der Waals surface area (Å²) in [7, 11) is 0. The van der Waals surface area contributed by atoms with Crippen LogP contribution in [0, 0.1) is 0 Å². The number of rotatable bonds is 4. The van der Waals surface area contributed by atoms with Gasteiger partial charge in [0.2, 0.25) is 6.79 Å². The van der Waals surface area contributed by atoms with Gasteiger partial charge in [0.15, 0.2) is 17.3 Å². The standard InChI is InChI=1S/C13H10N2O5/c16-13(17)8-4-10-11(20-7-19-10)5-9(8)18-6-12-14-2-1-3-15-12/h1-5H,6-7H2,(H,16,17). The molecule has 0 saturated carbocycles. The van der Waals surface area contributed by atoms with Crippen molar-refractivity contribution in [2.24, 2.45) is 0 Å². The van der Waals surface area contributed by atoms with Gasteiger partial charge in [-0.3, -0.25) is 0 Å². The molecule has 0 unspecified atom stereocenters. The fourth-order valence-electron chi connectivity index (χ4n) is 1.76. The molecule has 2 heterocycles. The summed E-state index contributed by atoms with van der Waals surface area (Å²) in [5, 5.41) is 9.19. The zero-order valence-electron chi connectivity index (χ0n) is 10.3. The summed E-state index contributed by atoms with van der Waals surface area (Å²) < 4.78 is 15.8. The van der Waals surface area contributed by atoms with Crippen molar-refractivity contribution in [3.05, 3.63) is 42.0 Å². The van der Waals surface area contributed by atoms with E-state index in [0.29, 0.717) is 17.3 Å². The number of carboxylic acid groups (broad SMARTS) is 1. The van der Waals surface area contributed by atoms with Gasteiger partial charge in [-0.25, -0.2) is 14.8 Å². The molecule has 7 heteroatoms. The molecule has 0 fully saturated rings. The lowest BCUT2D eigenvalue weighted by atomic mass is 10.2. The Bertz CT molecular complexity index is 645. The summed E-state index contributed by atoms with van der Waals surface area (Å²) in [5.74, 6) is 0.396. The molecule has 20 heavy (non-hydrogen) atoms. The minimum absolute atomic E-state index is 0.00480. The highest BCUT2D eigenvalue weighted by Crippen LogP contribution is 2.38. The van der Waals surface area contributed by atoms with Gasteiger partial charge in [-0.1, -0.05) is 0 Å². The van der Waals surface area contributed by atoms with Crippen LogP contribution in [0.1, 0.15) is 16.2 Å². The SMILES string of the molecule is O=C(O)c1cc2c(cc1OCc1ncccn1)OCO2. The average Bonchev–Trinajstić information content (AvgIpc) is 2.92. The van der Waals surface area contributed by atoms with Crippen LogP contribution in [-0.4, -0.2) is 27.8 Å². The summed E-state index contributed by atoms with van der Waals surface area (Å²) in [5.41, 5.74) is 0.00480. The maximum Gasteiger partial charge on any atom is 0.339 e. The van der Waals surface area contributed by atoms with Gasteiger partial charge in [0.1, 0.15) is 17.9 Å².